The average molecular weight is 238 g/mol. The minimum atomic E-state index is -4.55. The molecule has 0 unspecified atom stereocenters. The van der Waals surface area contributed by atoms with Gasteiger partial charge in [0, 0.05) is 0 Å². The van der Waals surface area contributed by atoms with Crippen molar-refractivity contribution >= 4 is 12.6 Å². The van der Waals surface area contributed by atoms with Crippen molar-refractivity contribution < 1.29 is 32.3 Å². The van der Waals surface area contributed by atoms with E-state index in [4.69, 9.17) is 10.0 Å². The topological polar surface area (TPSA) is 49.7 Å². The summed E-state index contributed by atoms with van der Waals surface area (Å²) in [5.74, 6) is -1.68. The molecule has 2 N–H and O–H groups in total. The third-order valence-corrected chi connectivity index (χ3v) is 1.65. The SMILES string of the molecule is OB(O)c1ccc(OCC(F)(F)F)c(F)c1. The largest absolute Gasteiger partial charge is 0.488 e. The Morgan fingerprint density at radius 1 is 1.25 bits per heavy atom. The molecule has 0 bridgehead atoms. The Morgan fingerprint density at radius 2 is 1.88 bits per heavy atom. The van der Waals surface area contributed by atoms with Crippen LogP contribution >= 0.6 is 0 Å². The van der Waals surface area contributed by atoms with Gasteiger partial charge in [-0.3, -0.25) is 0 Å². The molecule has 0 aliphatic heterocycles. The van der Waals surface area contributed by atoms with E-state index < -0.39 is 31.5 Å². The van der Waals surface area contributed by atoms with E-state index in [1.807, 2.05) is 0 Å². The molecule has 0 atom stereocenters. The predicted molar refractivity (Wildman–Crippen MR) is 47.8 cm³/mol. The Hall–Kier alpha value is -1.28. The number of alkyl halides is 3. The Kier molecular flexibility index (Phi) is 3.76. The average Bonchev–Trinajstić information content (AvgIpc) is 2.14. The number of hydrogen-bond donors (Lipinski definition) is 2. The van der Waals surface area contributed by atoms with Crippen molar-refractivity contribution in [3.8, 4) is 5.75 Å². The molecule has 1 aromatic carbocycles. The van der Waals surface area contributed by atoms with Gasteiger partial charge in [0.15, 0.2) is 18.2 Å². The maximum absolute atomic E-state index is 13.1. The second-order valence-corrected chi connectivity index (χ2v) is 2.97. The molecule has 1 rings (SSSR count). The van der Waals surface area contributed by atoms with Crippen LogP contribution in [0.4, 0.5) is 17.6 Å². The second-order valence-electron chi connectivity index (χ2n) is 2.97. The summed E-state index contributed by atoms with van der Waals surface area (Å²) in [6.45, 7) is -1.61. The molecule has 0 aliphatic rings. The van der Waals surface area contributed by atoms with Crippen LogP contribution in [0.15, 0.2) is 18.2 Å². The van der Waals surface area contributed by atoms with Crippen LogP contribution in [-0.2, 0) is 0 Å². The van der Waals surface area contributed by atoms with Crippen molar-refractivity contribution in [2.75, 3.05) is 6.61 Å². The summed E-state index contributed by atoms with van der Waals surface area (Å²) in [7, 11) is -1.88. The second kappa shape index (κ2) is 4.71. The van der Waals surface area contributed by atoms with Gasteiger partial charge in [-0.15, -0.1) is 0 Å². The number of hydrogen-bond acceptors (Lipinski definition) is 3. The lowest BCUT2D eigenvalue weighted by Gasteiger charge is -2.10. The molecular weight excluding hydrogens is 231 g/mol. The maximum Gasteiger partial charge on any atom is 0.488 e. The van der Waals surface area contributed by atoms with Gasteiger partial charge in [0.25, 0.3) is 0 Å². The summed E-state index contributed by atoms with van der Waals surface area (Å²) in [6, 6.07) is 2.64. The molecule has 0 aromatic heterocycles. The molecule has 0 aliphatic carbocycles. The first-order valence-corrected chi connectivity index (χ1v) is 4.15. The van der Waals surface area contributed by atoms with E-state index in [2.05, 4.69) is 4.74 Å². The highest BCUT2D eigenvalue weighted by Crippen LogP contribution is 2.20. The van der Waals surface area contributed by atoms with Gasteiger partial charge in [-0.2, -0.15) is 13.2 Å². The summed E-state index contributed by atoms with van der Waals surface area (Å²) in [5, 5.41) is 17.3. The number of benzene rings is 1. The van der Waals surface area contributed by atoms with Crippen LogP contribution in [0, 0.1) is 5.82 Å². The molecule has 0 heterocycles. The fourth-order valence-electron chi connectivity index (χ4n) is 0.954. The first kappa shape index (κ1) is 12.8. The first-order valence-electron chi connectivity index (χ1n) is 4.15. The molecule has 0 saturated carbocycles. The Bertz CT molecular complexity index is 367. The number of halogens is 4. The zero-order chi connectivity index (χ0) is 12.3. The van der Waals surface area contributed by atoms with E-state index >= 15 is 0 Å². The minimum absolute atomic E-state index is 0.170. The van der Waals surface area contributed by atoms with Gasteiger partial charge in [0.2, 0.25) is 0 Å². The standard InChI is InChI=1S/C8H7BF4O3/c10-6-3-5(9(14)15)1-2-7(6)16-4-8(11,12)13/h1-3,14-15H,4H2. The molecule has 3 nitrogen and oxygen atoms in total. The molecule has 0 saturated heterocycles. The number of ether oxygens (including phenoxy) is 1. The third-order valence-electron chi connectivity index (χ3n) is 1.65. The summed E-state index contributed by atoms with van der Waals surface area (Å²) in [5.41, 5.74) is -0.170. The molecule has 0 radical (unpaired) electrons. The molecule has 88 valence electrons. The lowest BCUT2D eigenvalue weighted by Crippen LogP contribution is -2.30. The van der Waals surface area contributed by atoms with Crippen LogP contribution in [0.5, 0.6) is 5.75 Å². The lowest BCUT2D eigenvalue weighted by molar-refractivity contribution is -0.153. The molecule has 8 heteroatoms. The molecule has 16 heavy (non-hydrogen) atoms. The summed E-state index contributed by atoms with van der Waals surface area (Å²) in [4.78, 5) is 0. The van der Waals surface area contributed by atoms with Crippen molar-refractivity contribution in [2.24, 2.45) is 0 Å². The van der Waals surface area contributed by atoms with E-state index in [9.17, 15) is 17.6 Å². The van der Waals surface area contributed by atoms with E-state index in [1.54, 1.807) is 0 Å². The van der Waals surface area contributed by atoms with Crippen LogP contribution in [-0.4, -0.2) is 29.9 Å². The molecule has 1 aromatic rings. The fraction of sp³-hybridized carbons (Fsp3) is 0.250. The van der Waals surface area contributed by atoms with E-state index in [0.717, 1.165) is 12.1 Å². The van der Waals surface area contributed by atoms with Gasteiger partial charge in [0.05, 0.1) is 0 Å². The molecule has 0 spiro atoms. The van der Waals surface area contributed by atoms with E-state index in [0.29, 0.717) is 6.07 Å². The predicted octanol–water partition coefficient (Wildman–Crippen LogP) is 0.447. The van der Waals surface area contributed by atoms with Crippen LogP contribution in [0.25, 0.3) is 0 Å². The summed E-state index contributed by atoms with van der Waals surface area (Å²) < 4.78 is 52.5. The van der Waals surface area contributed by atoms with Gasteiger partial charge in [-0.25, -0.2) is 4.39 Å². The Morgan fingerprint density at radius 3 is 2.31 bits per heavy atom. The summed E-state index contributed by atoms with van der Waals surface area (Å²) >= 11 is 0. The van der Waals surface area contributed by atoms with Gasteiger partial charge >= 0.3 is 13.3 Å². The van der Waals surface area contributed by atoms with Crippen molar-refractivity contribution in [3.05, 3.63) is 24.0 Å². The van der Waals surface area contributed by atoms with Crippen LogP contribution in [0.3, 0.4) is 0 Å². The highest BCUT2D eigenvalue weighted by molar-refractivity contribution is 6.58. The monoisotopic (exact) mass is 238 g/mol. The zero-order valence-corrected chi connectivity index (χ0v) is 7.83. The molecule has 0 fully saturated rings. The highest BCUT2D eigenvalue weighted by atomic mass is 19.4. The van der Waals surface area contributed by atoms with E-state index in [1.165, 1.54) is 0 Å². The van der Waals surface area contributed by atoms with Gasteiger partial charge < -0.3 is 14.8 Å². The zero-order valence-electron chi connectivity index (χ0n) is 7.83. The van der Waals surface area contributed by atoms with Crippen molar-refractivity contribution in [1.82, 2.24) is 0 Å². The van der Waals surface area contributed by atoms with Gasteiger partial charge in [0.1, 0.15) is 0 Å². The first-order chi connectivity index (χ1) is 7.29. The van der Waals surface area contributed by atoms with Gasteiger partial charge in [-0.05, 0) is 17.6 Å². The minimum Gasteiger partial charge on any atom is -0.481 e. The van der Waals surface area contributed by atoms with Crippen LogP contribution in [0.1, 0.15) is 0 Å². The summed E-state index contributed by atoms with van der Waals surface area (Å²) in [6.07, 6.45) is -4.55. The molecule has 0 amide bonds. The van der Waals surface area contributed by atoms with Crippen molar-refractivity contribution in [2.45, 2.75) is 6.18 Å². The quantitative estimate of drug-likeness (QED) is 0.593. The Labute approximate surface area is 88.4 Å². The lowest BCUT2D eigenvalue weighted by atomic mass is 9.80. The fourth-order valence-corrected chi connectivity index (χ4v) is 0.954. The molecular formula is C8H7BF4O3. The van der Waals surface area contributed by atoms with Gasteiger partial charge in [-0.1, -0.05) is 6.07 Å². The smallest absolute Gasteiger partial charge is 0.481 e. The van der Waals surface area contributed by atoms with Crippen molar-refractivity contribution in [1.29, 1.82) is 0 Å². The van der Waals surface area contributed by atoms with Crippen LogP contribution < -0.4 is 10.2 Å². The van der Waals surface area contributed by atoms with E-state index in [-0.39, 0.29) is 5.46 Å². The highest BCUT2D eigenvalue weighted by Gasteiger charge is 2.29. The normalized spacial score (nSPS) is 11.4. The van der Waals surface area contributed by atoms with Crippen LogP contribution in [0.2, 0.25) is 0 Å². The number of rotatable bonds is 3. The third kappa shape index (κ3) is 3.71. The van der Waals surface area contributed by atoms with Crippen molar-refractivity contribution in [3.63, 3.8) is 0 Å². The maximum atomic E-state index is 13.1. The Balaban J connectivity index is 2.76.